The highest BCUT2D eigenvalue weighted by Crippen LogP contribution is 2.43. The van der Waals surface area contributed by atoms with Crippen LogP contribution in [0, 0.1) is 11.8 Å². The Morgan fingerprint density at radius 2 is 2.10 bits per heavy atom. The first-order chi connectivity index (χ1) is 9.69. The highest BCUT2D eigenvalue weighted by Gasteiger charge is 2.49. The van der Waals surface area contributed by atoms with Crippen molar-refractivity contribution in [2.75, 3.05) is 5.32 Å². The van der Waals surface area contributed by atoms with E-state index in [9.17, 15) is 9.59 Å². The standard InChI is InChI=1S/C15H17N3O2/c1-2-3-13(19)16-10-6-4-9(5-7-10)14-11-8-12(11)15(20)18-17-14/h4-7,11-12H,2-3,8H2,1H3,(H,16,19)(H,18,20)/t11-,12+/m1/s1. The van der Waals surface area contributed by atoms with Crippen molar-refractivity contribution in [1.29, 1.82) is 0 Å². The van der Waals surface area contributed by atoms with Gasteiger partial charge in [-0.05, 0) is 30.5 Å². The first-order valence-electron chi connectivity index (χ1n) is 6.96. The average Bonchev–Trinajstić information content (AvgIpc) is 3.22. The van der Waals surface area contributed by atoms with Crippen LogP contribution in [0.5, 0.6) is 0 Å². The van der Waals surface area contributed by atoms with E-state index in [-0.39, 0.29) is 23.7 Å². The number of rotatable bonds is 4. The van der Waals surface area contributed by atoms with Crippen molar-refractivity contribution in [3.8, 4) is 0 Å². The number of carbonyl (C=O) groups excluding carboxylic acids is 2. The summed E-state index contributed by atoms with van der Waals surface area (Å²) in [4.78, 5) is 22.9. The number of nitrogens with zero attached hydrogens (tertiary/aromatic N) is 1. The lowest BCUT2D eigenvalue weighted by molar-refractivity contribution is -0.122. The summed E-state index contributed by atoms with van der Waals surface area (Å²) in [5.41, 5.74) is 5.31. The Bertz CT molecular complexity index is 577. The molecule has 0 spiro atoms. The van der Waals surface area contributed by atoms with Crippen LogP contribution >= 0.6 is 0 Å². The summed E-state index contributed by atoms with van der Waals surface area (Å²) in [5, 5.41) is 7.01. The second-order valence-electron chi connectivity index (χ2n) is 5.30. The molecular weight excluding hydrogens is 254 g/mol. The number of fused-ring (bicyclic) bond motifs is 1. The molecule has 1 aromatic rings. The summed E-state index contributed by atoms with van der Waals surface area (Å²) in [6, 6.07) is 7.62. The molecule has 1 aliphatic heterocycles. The Morgan fingerprint density at radius 3 is 2.80 bits per heavy atom. The third-order valence-electron chi connectivity index (χ3n) is 3.71. The molecule has 20 heavy (non-hydrogen) atoms. The predicted molar refractivity (Wildman–Crippen MR) is 76.3 cm³/mol. The van der Waals surface area contributed by atoms with Gasteiger partial charge in [0.1, 0.15) is 0 Å². The molecule has 1 heterocycles. The van der Waals surface area contributed by atoms with Crippen LogP contribution in [0.2, 0.25) is 0 Å². The van der Waals surface area contributed by atoms with E-state index in [0.29, 0.717) is 6.42 Å². The molecule has 104 valence electrons. The van der Waals surface area contributed by atoms with E-state index in [2.05, 4.69) is 15.8 Å². The molecule has 2 N–H and O–H groups in total. The lowest BCUT2D eigenvalue weighted by Gasteiger charge is -2.12. The highest BCUT2D eigenvalue weighted by molar-refractivity contribution is 6.09. The molecule has 1 aliphatic carbocycles. The van der Waals surface area contributed by atoms with Crippen molar-refractivity contribution in [2.24, 2.45) is 16.9 Å². The van der Waals surface area contributed by atoms with Crippen molar-refractivity contribution in [1.82, 2.24) is 5.43 Å². The van der Waals surface area contributed by atoms with Gasteiger partial charge in [-0.2, -0.15) is 5.10 Å². The second kappa shape index (κ2) is 5.07. The fourth-order valence-corrected chi connectivity index (χ4v) is 2.52. The maximum atomic E-state index is 11.5. The van der Waals surface area contributed by atoms with Gasteiger partial charge in [0.2, 0.25) is 11.8 Å². The fraction of sp³-hybridized carbons (Fsp3) is 0.400. The van der Waals surface area contributed by atoms with Crippen molar-refractivity contribution in [3.63, 3.8) is 0 Å². The van der Waals surface area contributed by atoms with Crippen molar-refractivity contribution in [3.05, 3.63) is 29.8 Å². The van der Waals surface area contributed by atoms with E-state index in [4.69, 9.17) is 0 Å². The van der Waals surface area contributed by atoms with Gasteiger partial charge >= 0.3 is 0 Å². The molecular formula is C15H17N3O2. The maximum Gasteiger partial charge on any atom is 0.243 e. The van der Waals surface area contributed by atoms with Crippen molar-refractivity contribution < 1.29 is 9.59 Å². The van der Waals surface area contributed by atoms with Gasteiger partial charge in [-0.25, -0.2) is 5.43 Å². The van der Waals surface area contributed by atoms with E-state index < -0.39 is 0 Å². The molecule has 0 radical (unpaired) electrons. The topological polar surface area (TPSA) is 70.6 Å². The summed E-state index contributed by atoms with van der Waals surface area (Å²) >= 11 is 0. The predicted octanol–water partition coefficient (Wildman–Crippen LogP) is 1.90. The summed E-state index contributed by atoms with van der Waals surface area (Å²) in [7, 11) is 0. The average molecular weight is 271 g/mol. The third kappa shape index (κ3) is 2.43. The van der Waals surface area contributed by atoms with E-state index in [1.165, 1.54) is 0 Å². The molecule has 1 saturated carbocycles. The molecule has 0 saturated heterocycles. The molecule has 0 unspecified atom stereocenters. The quantitative estimate of drug-likeness (QED) is 0.878. The van der Waals surface area contributed by atoms with Crippen LogP contribution in [-0.2, 0) is 9.59 Å². The lowest BCUT2D eigenvalue weighted by atomic mass is 10.0. The number of hydrogen-bond acceptors (Lipinski definition) is 3. The number of nitrogens with one attached hydrogen (secondary N) is 2. The van der Waals surface area contributed by atoms with Gasteiger partial charge in [0.05, 0.1) is 5.71 Å². The molecule has 3 rings (SSSR count). The van der Waals surface area contributed by atoms with E-state index in [0.717, 1.165) is 29.8 Å². The van der Waals surface area contributed by atoms with Crippen LogP contribution < -0.4 is 10.7 Å². The first kappa shape index (κ1) is 12.8. The fourth-order valence-electron chi connectivity index (χ4n) is 2.52. The molecule has 1 fully saturated rings. The largest absolute Gasteiger partial charge is 0.326 e. The Balaban J connectivity index is 1.71. The lowest BCUT2D eigenvalue weighted by Crippen LogP contribution is -2.28. The maximum absolute atomic E-state index is 11.5. The number of anilines is 1. The number of carbonyl (C=O) groups is 2. The molecule has 0 aromatic heterocycles. The van der Waals surface area contributed by atoms with Crippen LogP contribution in [-0.4, -0.2) is 17.5 Å². The summed E-state index contributed by atoms with van der Waals surface area (Å²) in [5.74, 6) is 0.433. The van der Waals surface area contributed by atoms with Gasteiger partial charge in [0, 0.05) is 23.9 Å². The zero-order valence-corrected chi connectivity index (χ0v) is 11.3. The minimum atomic E-state index is 0.0298. The van der Waals surface area contributed by atoms with E-state index in [1.807, 2.05) is 31.2 Å². The summed E-state index contributed by atoms with van der Waals surface area (Å²) in [6.45, 7) is 1.98. The third-order valence-corrected chi connectivity index (χ3v) is 3.71. The Hall–Kier alpha value is -2.17. The van der Waals surface area contributed by atoms with E-state index in [1.54, 1.807) is 0 Å². The molecule has 2 aliphatic rings. The summed E-state index contributed by atoms with van der Waals surface area (Å²) < 4.78 is 0. The van der Waals surface area contributed by atoms with Crippen LogP contribution in [0.25, 0.3) is 0 Å². The monoisotopic (exact) mass is 271 g/mol. The zero-order valence-electron chi connectivity index (χ0n) is 11.3. The molecule has 5 nitrogen and oxygen atoms in total. The Labute approximate surface area is 117 Å². The smallest absolute Gasteiger partial charge is 0.243 e. The van der Waals surface area contributed by atoms with Gasteiger partial charge < -0.3 is 5.32 Å². The van der Waals surface area contributed by atoms with Gasteiger partial charge in [0.25, 0.3) is 0 Å². The van der Waals surface area contributed by atoms with Gasteiger partial charge in [-0.15, -0.1) is 0 Å². The normalized spacial score (nSPS) is 23.4. The molecule has 0 bridgehead atoms. The van der Waals surface area contributed by atoms with Crippen molar-refractivity contribution in [2.45, 2.75) is 26.2 Å². The summed E-state index contributed by atoms with van der Waals surface area (Å²) in [6.07, 6.45) is 2.26. The second-order valence-corrected chi connectivity index (χ2v) is 5.30. The minimum Gasteiger partial charge on any atom is -0.326 e. The van der Waals surface area contributed by atoms with Gasteiger partial charge in [-0.3, -0.25) is 9.59 Å². The number of amides is 2. The zero-order chi connectivity index (χ0) is 14.1. The number of hydrazone groups is 1. The molecule has 5 heteroatoms. The minimum absolute atomic E-state index is 0.0298. The Morgan fingerprint density at radius 1 is 1.35 bits per heavy atom. The highest BCUT2D eigenvalue weighted by atomic mass is 16.2. The molecule has 1 aromatic carbocycles. The Kier molecular flexibility index (Phi) is 3.26. The van der Waals surface area contributed by atoms with Crippen LogP contribution in [0.3, 0.4) is 0 Å². The SMILES string of the molecule is CCCC(=O)Nc1ccc(C2=NNC(=O)[C@H]3C[C@@H]23)cc1. The van der Waals surface area contributed by atoms with Crippen LogP contribution in [0.15, 0.2) is 29.4 Å². The number of hydrogen-bond donors (Lipinski definition) is 2. The number of benzene rings is 1. The molecule has 2 amide bonds. The van der Waals surface area contributed by atoms with Crippen LogP contribution in [0.4, 0.5) is 5.69 Å². The van der Waals surface area contributed by atoms with Gasteiger partial charge in [-0.1, -0.05) is 19.1 Å². The van der Waals surface area contributed by atoms with Crippen molar-refractivity contribution >= 4 is 23.2 Å². The molecule has 2 atom stereocenters. The van der Waals surface area contributed by atoms with Crippen LogP contribution in [0.1, 0.15) is 31.7 Å². The van der Waals surface area contributed by atoms with E-state index >= 15 is 0 Å². The van der Waals surface area contributed by atoms with Gasteiger partial charge in [0.15, 0.2) is 0 Å². The first-order valence-corrected chi connectivity index (χ1v) is 6.96.